The highest BCUT2D eigenvalue weighted by atomic mass is 32.1. The van der Waals surface area contributed by atoms with E-state index in [9.17, 15) is 9.59 Å². The number of nitrogens with one attached hydrogen (secondary N) is 1. The van der Waals surface area contributed by atoms with Crippen LogP contribution in [0, 0.1) is 12.8 Å². The van der Waals surface area contributed by atoms with Crippen molar-refractivity contribution in [2.75, 3.05) is 20.2 Å². The molecule has 0 spiro atoms. The van der Waals surface area contributed by atoms with Crippen LogP contribution >= 0.6 is 11.3 Å². The van der Waals surface area contributed by atoms with E-state index in [-0.39, 0.29) is 16.8 Å². The summed E-state index contributed by atoms with van der Waals surface area (Å²) in [4.78, 5) is 29.8. The van der Waals surface area contributed by atoms with Gasteiger partial charge in [0.05, 0.1) is 18.7 Å². The van der Waals surface area contributed by atoms with Gasteiger partial charge in [-0.3, -0.25) is 14.5 Å². The molecule has 128 valence electrons. The molecule has 2 aromatic rings. The predicted octanol–water partition coefficient (Wildman–Crippen LogP) is 2.80. The highest BCUT2D eigenvalue weighted by molar-refractivity contribution is 7.09. The topological polar surface area (TPSA) is 62.4 Å². The molecule has 5 nitrogen and oxygen atoms in total. The number of methoxy groups -OCH3 is 1. The Labute approximate surface area is 145 Å². The molecule has 1 aliphatic rings. The van der Waals surface area contributed by atoms with E-state index in [4.69, 9.17) is 4.74 Å². The monoisotopic (exact) mass is 346 g/mol. The number of aromatic nitrogens is 1. The summed E-state index contributed by atoms with van der Waals surface area (Å²) in [6.45, 7) is 4.48. The van der Waals surface area contributed by atoms with Crippen LogP contribution in [0.25, 0.3) is 11.3 Å². The van der Waals surface area contributed by atoms with Gasteiger partial charge in [-0.15, -0.1) is 0 Å². The Hall–Kier alpha value is -1.92. The molecule has 0 amide bonds. The van der Waals surface area contributed by atoms with Gasteiger partial charge in [0.2, 0.25) is 0 Å². The summed E-state index contributed by atoms with van der Waals surface area (Å²) in [5.41, 5.74) is 3.15. The van der Waals surface area contributed by atoms with Gasteiger partial charge >= 0.3 is 10.8 Å². The number of aromatic amines is 1. The lowest BCUT2D eigenvalue weighted by Gasteiger charge is -2.30. The standard InChI is InChI=1S/C18H22N2O3S/c1-12-3-5-13(6-4-12)16-15(24-18(22)19-16)11-20-9-7-14(8-10-20)17(21)23-2/h3-6,14H,7-11H2,1-2H3,(H,19,22). The maximum atomic E-state index is 11.9. The molecule has 0 saturated carbocycles. The molecular formula is C18H22N2O3S. The Balaban J connectivity index is 1.71. The van der Waals surface area contributed by atoms with Crippen LogP contribution in [0.5, 0.6) is 0 Å². The van der Waals surface area contributed by atoms with Crippen molar-refractivity contribution in [3.8, 4) is 11.3 Å². The Morgan fingerprint density at radius 1 is 1.29 bits per heavy atom. The van der Waals surface area contributed by atoms with E-state index < -0.39 is 0 Å². The van der Waals surface area contributed by atoms with Gasteiger partial charge < -0.3 is 9.72 Å². The zero-order valence-corrected chi connectivity index (χ0v) is 14.8. The number of H-pyrrole nitrogens is 1. The van der Waals surface area contributed by atoms with E-state index in [1.807, 2.05) is 19.1 Å². The molecule has 0 unspecified atom stereocenters. The maximum Gasteiger partial charge on any atom is 0.308 e. The Morgan fingerprint density at radius 2 is 1.96 bits per heavy atom. The first kappa shape index (κ1) is 16.9. The third-order valence-corrected chi connectivity index (χ3v) is 5.42. The number of benzene rings is 1. The number of thiazole rings is 1. The Bertz CT molecular complexity index is 755. The number of likely N-dealkylation sites (tertiary alicyclic amines) is 1. The molecule has 0 radical (unpaired) electrons. The van der Waals surface area contributed by atoms with Gasteiger partial charge in [0.25, 0.3) is 0 Å². The summed E-state index contributed by atoms with van der Waals surface area (Å²) in [5, 5.41) is 0. The number of hydrogen-bond acceptors (Lipinski definition) is 5. The van der Waals surface area contributed by atoms with Gasteiger partial charge in [-0.2, -0.15) is 0 Å². The van der Waals surface area contributed by atoms with Crippen molar-refractivity contribution in [1.29, 1.82) is 0 Å². The molecule has 24 heavy (non-hydrogen) atoms. The highest BCUT2D eigenvalue weighted by Crippen LogP contribution is 2.27. The van der Waals surface area contributed by atoms with Crippen molar-refractivity contribution < 1.29 is 9.53 Å². The fourth-order valence-electron chi connectivity index (χ4n) is 3.12. The van der Waals surface area contributed by atoms with Crippen LogP contribution in [0.2, 0.25) is 0 Å². The van der Waals surface area contributed by atoms with Gasteiger partial charge in [0, 0.05) is 11.4 Å². The number of aryl methyl sites for hydroxylation is 1. The summed E-state index contributed by atoms with van der Waals surface area (Å²) in [6, 6.07) is 8.19. The number of hydrogen-bond donors (Lipinski definition) is 1. The second-order valence-electron chi connectivity index (χ2n) is 6.25. The summed E-state index contributed by atoms with van der Waals surface area (Å²) >= 11 is 1.27. The zero-order valence-electron chi connectivity index (χ0n) is 14.0. The van der Waals surface area contributed by atoms with Crippen molar-refractivity contribution >= 4 is 17.3 Å². The van der Waals surface area contributed by atoms with Crippen molar-refractivity contribution in [2.24, 2.45) is 5.92 Å². The smallest absolute Gasteiger partial charge is 0.308 e. The van der Waals surface area contributed by atoms with Gasteiger partial charge in [-0.1, -0.05) is 41.2 Å². The predicted molar refractivity (Wildman–Crippen MR) is 95.1 cm³/mol. The highest BCUT2D eigenvalue weighted by Gasteiger charge is 2.26. The van der Waals surface area contributed by atoms with E-state index in [0.717, 1.165) is 48.6 Å². The zero-order chi connectivity index (χ0) is 17.1. The fraction of sp³-hybridized carbons (Fsp3) is 0.444. The van der Waals surface area contributed by atoms with Crippen LogP contribution < -0.4 is 4.87 Å². The second-order valence-corrected chi connectivity index (χ2v) is 7.32. The number of carbonyl (C=O) groups is 1. The van der Waals surface area contributed by atoms with Crippen LogP contribution in [-0.2, 0) is 16.1 Å². The number of ether oxygens (including phenoxy) is 1. The molecule has 0 bridgehead atoms. The molecule has 1 aromatic heterocycles. The van der Waals surface area contributed by atoms with Gasteiger partial charge in [-0.05, 0) is 38.4 Å². The first-order valence-corrected chi connectivity index (χ1v) is 8.97. The molecule has 1 N–H and O–H groups in total. The quantitative estimate of drug-likeness (QED) is 0.865. The van der Waals surface area contributed by atoms with Crippen LogP contribution in [0.3, 0.4) is 0 Å². The second kappa shape index (κ2) is 7.32. The van der Waals surface area contributed by atoms with Crippen molar-refractivity contribution in [3.63, 3.8) is 0 Å². The van der Waals surface area contributed by atoms with E-state index >= 15 is 0 Å². The summed E-state index contributed by atoms with van der Waals surface area (Å²) in [5.74, 6) is -0.103. The third-order valence-electron chi connectivity index (χ3n) is 4.55. The van der Waals surface area contributed by atoms with Gasteiger partial charge in [-0.25, -0.2) is 0 Å². The lowest BCUT2D eigenvalue weighted by molar-refractivity contribution is -0.147. The van der Waals surface area contributed by atoms with Gasteiger partial charge in [0.15, 0.2) is 0 Å². The molecule has 2 heterocycles. The van der Waals surface area contributed by atoms with E-state index in [0.29, 0.717) is 0 Å². The SMILES string of the molecule is COC(=O)C1CCN(Cc2sc(=O)[nH]c2-c2ccc(C)cc2)CC1. The first-order chi connectivity index (χ1) is 11.6. The normalized spacial score (nSPS) is 16.2. The minimum Gasteiger partial charge on any atom is -0.469 e. The number of piperidine rings is 1. The minimum atomic E-state index is -0.110. The summed E-state index contributed by atoms with van der Waals surface area (Å²) in [7, 11) is 1.44. The summed E-state index contributed by atoms with van der Waals surface area (Å²) < 4.78 is 4.83. The molecule has 0 aliphatic carbocycles. The van der Waals surface area contributed by atoms with Crippen LogP contribution in [0.15, 0.2) is 29.1 Å². The Kier molecular flexibility index (Phi) is 5.16. The number of nitrogens with zero attached hydrogens (tertiary/aromatic N) is 1. The lowest BCUT2D eigenvalue weighted by atomic mass is 9.97. The van der Waals surface area contributed by atoms with Crippen LogP contribution in [0.1, 0.15) is 23.3 Å². The number of rotatable bonds is 4. The number of carbonyl (C=O) groups excluding carboxylic acids is 1. The van der Waals surface area contributed by atoms with E-state index in [1.54, 1.807) is 0 Å². The average Bonchev–Trinajstić information content (AvgIpc) is 2.96. The molecular weight excluding hydrogens is 324 g/mol. The van der Waals surface area contributed by atoms with Crippen LogP contribution in [0.4, 0.5) is 0 Å². The third kappa shape index (κ3) is 3.76. The fourth-order valence-corrected chi connectivity index (χ4v) is 4.02. The first-order valence-electron chi connectivity index (χ1n) is 8.16. The molecule has 3 rings (SSSR count). The Morgan fingerprint density at radius 3 is 2.58 bits per heavy atom. The summed E-state index contributed by atoms with van der Waals surface area (Å²) in [6.07, 6.45) is 1.62. The van der Waals surface area contributed by atoms with Crippen LogP contribution in [-0.4, -0.2) is 36.1 Å². The van der Waals surface area contributed by atoms with E-state index in [1.165, 1.54) is 24.0 Å². The molecule has 1 aliphatic heterocycles. The lowest BCUT2D eigenvalue weighted by Crippen LogP contribution is -2.36. The molecule has 1 aromatic carbocycles. The largest absolute Gasteiger partial charge is 0.469 e. The van der Waals surface area contributed by atoms with Crippen molar-refractivity contribution in [3.05, 3.63) is 44.4 Å². The molecule has 1 saturated heterocycles. The molecule has 0 atom stereocenters. The number of esters is 1. The molecule has 6 heteroatoms. The minimum absolute atomic E-state index is 0.00721. The van der Waals surface area contributed by atoms with E-state index in [2.05, 4.69) is 22.0 Å². The van der Waals surface area contributed by atoms with Crippen molar-refractivity contribution in [2.45, 2.75) is 26.3 Å². The van der Waals surface area contributed by atoms with Crippen molar-refractivity contribution in [1.82, 2.24) is 9.88 Å². The maximum absolute atomic E-state index is 11.9. The average molecular weight is 346 g/mol. The molecule has 1 fully saturated rings. The van der Waals surface area contributed by atoms with Gasteiger partial charge in [0.1, 0.15) is 0 Å².